The molecule has 3 aromatic heterocycles. The van der Waals surface area contributed by atoms with Gasteiger partial charge in [-0.3, -0.25) is 10.00 Å². The van der Waals surface area contributed by atoms with Crippen LogP contribution in [0.5, 0.6) is 0 Å². The summed E-state index contributed by atoms with van der Waals surface area (Å²) in [5, 5.41) is 6.44. The van der Waals surface area contributed by atoms with Gasteiger partial charge in [-0.2, -0.15) is 4.98 Å². The van der Waals surface area contributed by atoms with E-state index in [0.717, 1.165) is 21.2 Å². The zero-order valence-corrected chi connectivity index (χ0v) is 16.3. The van der Waals surface area contributed by atoms with Crippen molar-refractivity contribution >= 4 is 45.1 Å². The molecule has 1 atom stereocenters. The molecule has 0 aliphatic rings. The minimum atomic E-state index is 0.188. The Balaban J connectivity index is 1.55. The number of thiazole rings is 1. The SMILES string of the molecule is C[C@H](c1nc2ccccc2s1)N(C)Cn1[nH]c(-c2cccs2)nc1=S. The normalized spacial score (nSPS) is 12.9. The quantitative estimate of drug-likeness (QED) is 0.493. The molecule has 0 spiro atoms. The van der Waals surface area contributed by atoms with Crippen LogP contribution in [-0.2, 0) is 6.67 Å². The molecule has 25 heavy (non-hydrogen) atoms. The van der Waals surface area contributed by atoms with Crippen molar-refractivity contribution in [1.29, 1.82) is 0 Å². The molecule has 0 aliphatic carbocycles. The van der Waals surface area contributed by atoms with Gasteiger partial charge in [-0.15, -0.1) is 22.7 Å². The number of nitrogens with one attached hydrogen (secondary N) is 1. The number of thiophene rings is 1. The number of rotatable bonds is 5. The first-order chi connectivity index (χ1) is 12.1. The van der Waals surface area contributed by atoms with E-state index in [-0.39, 0.29) is 6.04 Å². The number of hydrogen-bond acceptors (Lipinski definition) is 6. The molecule has 128 valence electrons. The van der Waals surface area contributed by atoms with Gasteiger partial charge in [0.1, 0.15) is 5.01 Å². The molecular weight excluding hydrogens is 370 g/mol. The Bertz CT molecular complexity index is 1010. The monoisotopic (exact) mass is 387 g/mol. The van der Waals surface area contributed by atoms with Crippen LogP contribution in [0.2, 0.25) is 0 Å². The van der Waals surface area contributed by atoms with E-state index in [2.05, 4.69) is 47.2 Å². The Morgan fingerprint density at radius 2 is 2.08 bits per heavy atom. The number of nitrogens with zero attached hydrogens (tertiary/aromatic N) is 4. The molecule has 0 amide bonds. The highest BCUT2D eigenvalue weighted by atomic mass is 32.1. The summed E-state index contributed by atoms with van der Waals surface area (Å²) >= 11 is 8.79. The zero-order chi connectivity index (χ0) is 17.4. The van der Waals surface area contributed by atoms with Crippen LogP contribution < -0.4 is 0 Å². The Morgan fingerprint density at radius 1 is 1.24 bits per heavy atom. The van der Waals surface area contributed by atoms with Gasteiger partial charge < -0.3 is 0 Å². The van der Waals surface area contributed by atoms with Crippen molar-refractivity contribution < 1.29 is 0 Å². The van der Waals surface area contributed by atoms with Gasteiger partial charge >= 0.3 is 0 Å². The molecule has 0 saturated carbocycles. The third-order valence-corrected chi connectivity index (χ3v) is 6.52. The lowest BCUT2D eigenvalue weighted by Gasteiger charge is -2.22. The average molecular weight is 388 g/mol. The van der Waals surface area contributed by atoms with Crippen molar-refractivity contribution in [2.24, 2.45) is 0 Å². The fraction of sp³-hybridized carbons (Fsp3) is 0.235. The minimum absolute atomic E-state index is 0.188. The first kappa shape index (κ1) is 16.6. The highest BCUT2D eigenvalue weighted by Crippen LogP contribution is 2.29. The molecule has 0 aliphatic heterocycles. The summed E-state index contributed by atoms with van der Waals surface area (Å²) in [4.78, 5) is 12.5. The van der Waals surface area contributed by atoms with Gasteiger partial charge in [0, 0.05) is 0 Å². The summed E-state index contributed by atoms with van der Waals surface area (Å²) in [6.45, 7) is 2.80. The maximum Gasteiger partial charge on any atom is 0.217 e. The number of benzene rings is 1. The lowest BCUT2D eigenvalue weighted by molar-refractivity contribution is 0.195. The van der Waals surface area contributed by atoms with Crippen LogP contribution in [0.15, 0.2) is 41.8 Å². The standard InChI is InChI=1S/C17H17N5S3/c1-11(16-18-12-6-3-4-7-13(12)25-16)21(2)10-22-17(23)19-15(20-22)14-8-5-9-24-14/h3-9,11H,10H2,1-2H3,(H,19,20,23)/t11-/m1/s1. The maximum atomic E-state index is 5.41. The summed E-state index contributed by atoms with van der Waals surface area (Å²) < 4.78 is 3.68. The van der Waals surface area contributed by atoms with Gasteiger partial charge in [-0.05, 0) is 49.8 Å². The predicted octanol–water partition coefficient (Wildman–Crippen LogP) is 4.93. The number of para-hydroxylation sites is 1. The van der Waals surface area contributed by atoms with E-state index >= 15 is 0 Å². The van der Waals surface area contributed by atoms with Gasteiger partial charge in [0.05, 0.1) is 27.8 Å². The lowest BCUT2D eigenvalue weighted by atomic mass is 10.3. The van der Waals surface area contributed by atoms with E-state index in [1.807, 2.05) is 28.3 Å². The molecule has 4 rings (SSSR count). The maximum absolute atomic E-state index is 5.41. The minimum Gasteiger partial charge on any atom is -0.278 e. The van der Waals surface area contributed by atoms with E-state index in [1.54, 1.807) is 22.7 Å². The summed E-state index contributed by atoms with van der Waals surface area (Å²) in [5.74, 6) is 0.820. The van der Waals surface area contributed by atoms with Gasteiger partial charge in [-0.25, -0.2) is 9.67 Å². The second-order valence-corrected chi connectivity index (χ2v) is 8.23. The van der Waals surface area contributed by atoms with Gasteiger partial charge in [0.15, 0.2) is 5.82 Å². The smallest absolute Gasteiger partial charge is 0.217 e. The lowest BCUT2D eigenvalue weighted by Crippen LogP contribution is -2.26. The first-order valence-corrected chi connectivity index (χ1v) is 9.98. The summed E-state index contributed by atoms with van der Waals surface area (Å²) in [7, 11) is 2.07. The van der Waals surface area contributed by atoms with E-state index < -0.39 is 0 Å². The molecule has 0 radical (unpaired) electrons. The van der Waals surface area contributed by atoms with Crippen molar-refractivity contribution in [3.8, 4) is 10.7 Å². The molecule has 0 saturated heterocycles. The van der Waals surface area contributed by atoms with Crippen molar-refractivity contribution in [1.82, 2.24) is 24.6 Å². The Hall–Kier alpha value is -1.87. The third-order valence-electron chi connectivity index (χ3n) is 4.13. The number of aromatic nitrogens is 4. The molecule has 8 heteroatoms. The molecular formula is C17H17N5S3. The van der Waals surface area contributed by atoms with Crippen LogP contribution in [0, 0.1) is 4.77 Å². The molecule has 0 unspecified atom stereocenters. The molecule has 4 aromatic rings. The van der Waals surface area contributed by atoms with Gasteiger partial charge in [0.2, 0.25) is 4.77 Å². The second-order valence-electron chi connectivity index (χ2n) is 5.85. The molecule has 1 aromatic carbocycles. The van der Waals surface area contributed by atoms with Crippen molar-refractivity contribution in [3.05, 3.63) is 51.6 Å². The van der Waals surface area contributed by atoms with E-state index in [0.29, 0.717) is 11.4 Å². The van der Waals surface area contributed by atoms with Crippen LogP contribution in [-0.4, -0.2) is 31.7 Å². The van der Waals surface area contributed by atoms with E-state index in [4.69, 9.17) is 17.2 Å². The highest BCUT2D eigenvalue weighted by Gasteiger charge is 2.17. The van der Waals surface area contributed by atoms with Crippen LogP contribution in [0.4, 0.5) is 0 Å². The number of aromatic amines is 1. The van der Waals surface area contributed by atoms with Crippen LogP contribution in [0.25, 0.3) is 20.9 Å². The average Bonchev–Trinajstić information content (AvgIpc) is 3.33. The van der Waals surface area contributed by atoms with Crippen molar-refractivity contribution in [2.45, 2.75) is 19.6 Å². The molecule has 0 fully saturated rings. The van der Waals surface area contributed by atoms with Gasteiger partial charge in [0.25, 0.3) is 0 Å². The fourth-order valence-corrected chi connectivity index (χ4v) is 4.52. The number of H-pyrrole nitrogens is 1. The number of hydrogen-bond donors (Lipinski definition) is 1. The number of fused-ring (bicyclic) bond motifs is 1. The molecule has 0 bridgehead atoms. The largest absolute Gasteiger partial charge is 0.278 e. The van der Waals surface area contributed by atoms with Crippen LogP contribution >= 0.6 is 34.9 Å². The Kier molecular flexibility index (Phi) is 4.51. The van der Waals surface area contributed by atoms with E-state index in [9.17, 15) is 0 Å². The summed E-state index contributed by atoms with van der Waals surface area (Å²) in [6, 6.07) is 12.5. The molecule has 3 heterocycles. The second kappa shape index (κ2) is 6.80. The molecule has 1 N–H and O–H groups in total. The third kappa shape index (κ3) is 3.30. The van der Waals surface area contributed by atoms with Crippen molar-refractivity contribution in [3.63, 3.8) is 0 Å². The zero-order valence-electron chi connectivity index (χ0n) is 13.8. The predicted molar refractivity (Wildman–Crippen MR) is 107 cm³/mol. The van der Waals surface area contributed by atoms with E-state index in [1.165, 1.54) is 4.70 Å². The highest BCUT2D eigenvalue weighted by molar-refractivity contribution is 7.71. The van der Waals surface area contributed by atoms with Crippen molar-refractivity contribution in [2.75, 3.05) is 7.05 Å². The topological polar surface area (TPSA) is 49.7 Å². The van der Waals surface area contributed by atoms with Crippen LogP contribution in [0.1, 0.15) is 18.0 Å². The summed E-state index contributed by atoms with van der Waals surface area (Å²) in [6.07, 6.45) is 0. The van der Waals surface area contributed by atoms with Crippen LogP contribution in [0.3, 0.4) is 0 Å². The van der Waals surface area contributed by atoms with Gasteiger partial charge in [-0.1, -0.05) is 18.2 Å². The molecule has 5 nitrogen and oxygen atoms in total. The summed E-state index contributed by atoms with van der Waals surface area (Å²) in [5.41, 5.74) is 1.06. The Morgan fingerprint density at radius 3 is 2.84 bits per heavy atom. The first-order valence-electron chi connectivity index (χ1n) is 7.88. The Labute approximate surface area is 158 Å². The fourth-order valence-electron chi connectivity index (χ4n) is 2.58.